The Labute approximate surface area is 242 Å². The Bertz CT molecular complexity index is 1820. The second-order valence-electron chi connectivity index (χ2n) is 10.0. The normalized spacial score (nSPS) is 12.4. The molecule has 3 heterocycles. The predicted octanol–water partition coefficient (Wildman–Crippen LogP) is 7.53. The van der Waals surface area contributed by atoms with Crippen molar-refractivity contribution in [1.82, 2.24) is 24.6 Å². The highest BCUT2D eigenvalue weighted by Gasteiger charge is 2.20. The molecule has 0 aliphatic carbocycles. The number of nitrogens with zero attached hydrogens (tertiary/aromatic N) is 5. The minimum Gasteiger partial charge on any atom is -0.459 e. The zero-order chi connectivity index (χ0) is 28.3. The summed E-state index contributed by atoms with van der Waals surface area (Å²) in [6.07, 6.45) is 5.51. The highest BCUT2D eigenvalue weighted by molar-refractivity contribution is 7.98. The van der Waals surface area contributed by atoms with Gasteiger partial charge >= 0.3 is 0 Å². The maximum absolute atomic E-state index is 13.6. The second kappa shape index (κ2) is 11.7. The Kier molecular flexibility index (Phi) is 7.71. The van der Waals surface area contributed by atoms with E-state index in [1.165, 1.54) is 12.1 Å². The molecule has 9 heteroatoms. The predicted molar refractivity (Wildman–Crippen MR) is 165 cm³/mol. The highest BCUT2D eigenvalue weighted by atomic mass is 32.2. The maximum atomic E-state index is 13.6. The summed E-state index contributed by atoms with van der Waals surface area (Å²) in [5.74, 6) is 3.21. The number of benzene rings is 3. The van der Waals surface area contributed by atoms with E-state index >= 15 is 0 Å². The van der Waals surface area contributed by atoms with Gasteiger partial charge in [0.25, 0.3) is 0 Å². The standard InChI is InChI=1S/C32H31FN6OS/c1-4-38(2)29(19-41-3)31-13-12-30(40-31)22-8-10-27-26(16-22)32(35-20-34-27)37-25-9-11-28-23(15-25)17-36-39(28)18-21-6-5-7-24(33)14-21/h5-17,20,29H,4,18-19H2,1-3H3,(H,34,35,37)/t29-/m1/s1. The van der Waals surface area contributed by atoms with Gasteiger partial charge in [0.15, 0.2) is 0 Å². The van der Waals surface area contributed by atoms with Crippen molar-refractivity contribution in [3.05, 3.63) is 102 Å². The zero-order valence-electron chi connectivity index (χ0n) is 23.2. The van der Waals surface area contributed by atoms with E-state index in [4.69, 9.17) is 4.42 Å². The average molecular weight is 567 g/mol. The molecule has 0 bridgehead atoms. The van der Waals surface area contributed by atoms with E-state index in [0.29, 0.717) is 12.4 Å². The first-order valence-corrected chi connectivity index (χ1v) is 14.9. The molecule has 0 saturated heterocycles. The van der Waals surface area contributed by atoms with Gasteiger partial charge in [-0.1, -0.05) is 19.1 Å². The topological polar surface area (TPSA) is 72.0 Å². The van der Waals surface area contributed by atoms with Gasteiger partial charge in [0, 0.05) is 27.8 Å². The lowest BCUT2D eigenvalue weighted by Crippen LogP contribution is -2.25. The maximum Gasteiger partial charge on any atom is 0.141 e. The molecule has 0 saturated carbocycles. The lowest BCUT2D eigenvalue weighted by Gasteiger charge is -2.24. The fourth-order valence-corrected chi connectivity index (χ4v) is 5.77. The van der Waals surface area contributed by atoms with Gasteiger partial charge in [-0.15, -0.1) is 0 Å². The molecule has 0 unspecified atom stereocenters. The zero-order valence-corrected chi connectivity index (χ0v) is 24.0. The molecular weight excluding hydrogens is 535 g/mol. The monoisotopic (exact) mass is 566 g/mol. The molecule has 0 radical (unpaired) electrons. The molecule has 0 amide bonds. The molecule has 41 heavy (non-hydrogen) atoms. The van der Waals surface area contributed by atoms with Crippen LogP contribution in [0.25, 0.3) is 33.1 Å². The van der Waals surface area contributed by atoms with Crippen molar-refractivity contribution in [2.75, 3.05) is 30.9 Å². The number of thioether (sulfide) groups is 1. The summed E-state index contributed by atoms with van der Waals surface area (Å²) in [4.78, 5) is 11.3. The van der Waals surface area contributed by atoms with Crippen LogP contribution >= 0.6 is 11.8 Å². The summed E-state index contributed by atoms with van der Waals surface area (Å²) < 4.78 is 21.9. The molecular formula is C32H31FN6OS. The summed E-state index contributed by atoms with van der Waals surface area (Å²) in [6, 6.07) is 23.1. The van der Waals surface area contributed by atoms with Crippen LogP contribution in [0.4, 0.5) is 15.9 Å². The van der Waals surface area contributed by atoms with Crippen LogP contribution < -0.4 is 5.32 Å². The van der Waals surface area contributed by atoms with E-state index in [0.717, 1.165) is 62.4 Å². The Balaban J connectivity index is 1.27. The van der Waals surface area contributed by atoms with Crippen LogP contribution in [0.1, 0.15) is 24.3 Å². The first-order valence-electron chi connectivity index (χ1n) is 13.5. The fraction of sp³-hybridized carbons (Fsp3) is 0.219. The Morgan fingerprint density at radius 3 is 2.78 bits per heavy atom. The number of anilines is 2. The molecule has 7 nitrogen and oxygen atoms in total. The smallest absolute Gasteiger partial charge is 0.141 e. The summed E-state index contributed by atoms with van der Waals surface area (Å²) in [5.41, 5.74) is 4.53. The molecule has 1 N–H and O–H groups in total. The third-order valence-electron chi connectivity index (χ3n) is 7.36. The molecule has 3 aromatic carbocycles. The fourth-order valence-electron chi connectivity index (χ4n) is 5.04. The third-order valence-corrected chi connectivity index (χ3v) is 8.01. The SMILES string of the molecule is CCN(C)[C@H](CSC)c1ccc(-c2ccc3ncnc(Nc4ccc5c(cnn5Cc5cccc(F)c5)c4)c3c2)o1. The van der Waals surface area contributed by atoms with Crippen LogP contribution in [0.5, 0.6) is 0 Å². The van der Waals surface area contributed by atoms with Crippen molar-refractivity contribution in [1.29, 1.82) is 0 Å². The quantitative estimate of drug-likeness (QED) is 0.184. The molecule has 3 aromatic heterocycles. The first kappa shape index (κ1) is 27.0. The van der Waals surface area contributed by atoms with Crippen LogP contribution in [-0.2, 0) is 6.54 Å². The molecule has 6 rings (SSSR count). The van der Waals surface area contributed by atoms with Crippen LogP contribution in [-0.4, -0.2) is 50.2 Å². The number of rotatable bonds is 10. The minimum atomic E-state index is -0.248. The van der Waals surface area contributed by atoms with Crippen molar-refractivity contribution >= 4 is 45.1 Å². The van der Waals surface area contributed by atoms with Crippen LogP contribution in [0.15, 0.2) is 89.7 Å². The average Bonchev–Trinajstić information content (AvgIpc) is 3.63. The van der Waals surface area contributed by atoms with Gasteiger partial charge in [-0.2, -0.15) is 16.9 Å². The van der Waals surface area contributed by atoms with E-state index < -0.39 is 0 Å². The number of halogens is 1. The van der Waals surface area contributed by atoms with Gasteiger partial charge in [0.1, 0.15) is 29.5 Å². The van der Waals surface area contributed by atoms with E-state index in [2.05, 4.69) is 57.6 Å². The second-order valence-corrected chi connectivity index (χ2v) is 10.9. The van der Waals surface area contributed by atoms with E-state index in [9.17, 15) is 4.39 Å². The van der Waals surface area contributed by atoms with Gasteiger partial charge in [0.05, 0.1) is 29.8 Å². The highest BCUT2D eigenvalue weighted by Crippen LogP contribution is 2.33. The third kappa shape index (κ3) is 5.68. The molecule has 1 atom stereocenters. The first-order chi connectivity index (χ1) is 20.0. The number of nitrogens with one attached hydrogen (secondary N) is 1. The van der Waals surface area contributed by atoms with Crippen LogP contribution in [0, 0.1) is 5.82 Å². The van der Waals surface area contributed by atoms with Crippen molar-refractivity contribution in [2.45, 2.75) is 19.5 Å². The van der Waals surface area contributed by atoms with E-state index in [1.54, 1.807) is 12.4 Å². The largest absolute Gasteiger partial charge is 0.459 e. The molecule has 0 fully saturated rings. The Hall–Kier alpha value is -4.21. The lowest BCUT2D eigenvalue weighted by molar-refractivity contribution is 0.248. The van der Waals surface area contributed by atoms with E-state index in [1.807, 2.05) is 65.1 Å². The van der Waals surface area contributed by atoms with Crippen molar-refractivity contribution < 1.29 is 8.81 Å². The van der Waals surface area contributed by atoms with Gasteiger partial charge in [0.2, 0.25) is 0 Å². The number of hydrogen-bond acceptors (Lipinski definition) is 7. The van der Waals surface area contributed by atoms with Crippen molar-refractivity contribution in [3.63, 3.8) is 0 Å². The number of aromatic nitrogens is 4. The summed E-state index contributed by atoms with van der Waals surface area (Å²) in [5, 5.41) is 9.88. The van der Waals surface area contributed by atoms with Crippen molar-refractivity contribution in [2.24, 2.45) is 0 Å². The summed E-state index contributed by atoms with van der Waals surface area (Å²) >= 11 is 1.82. The van der Waals surface area contributed by atoms with Gasteiger partial charge < -0.3 is 9.73 Å². The van der Waals surface area contributed by atoms with E-state index in [-0.39, 0.29) is 11.9 Å². The summed E-state index contributed by atoms with van der Waals surface area (Å²) in [6.45, 7) is 3.60. The van der Waals surface area contributed by atoms with Crippen LogP contribution in [0.3, 0.4) is 0 Å². The number of furan rings is 1. The van der Waals surface area contributed by atoms with Gasteiger partial charge in [-0.3, -0.25) is 9.58 Å². The van der Waals surface area contributed by atoms with Gasteiger partial charge in [-0.25, -0.2) is 14.4 Å². The molecule has 0 aliphatic heterocycles. The van der Waals surface area contributed by atoms with Gasteiger partial charge in [-0.05, 0) is 86.1 Å². The number of hydrogen-bond donors (Lipinski definition) is 1. The molecule has 0 aliphatic rings. The van der Waals surface area contributed by atoms with Crippen molar-refractivity contribution in [3.8, 4) is 11.3 Å². The summed E-state index contributed by atoms with van der Waals surface area (Å²) in [7, 11) is 2.13. The number of fused-ring (bicyclic) bond motifs is 2. The molecule has 6 aromatic rings. The Morgan fingerprint density at radius 1 is 1.05 bits per heavy atom. The minimum absolute atomic E-state index is 0.220. The Morgan fingerprint density at radius 2 is 1.95 bits per heavy atom. The lowest BCUT2D eigenvalue weighted by atomic mass is 10.1. The molecule has 0 spiro atoms. The molecule has 208 valence electrons. The van der Waals surface area contributed by atoms with Crippen LogP contribution in [0.2, 0.25) is 0 Å².